The molecule has 2 aromatic rings. The first-order chi connectivity index (χ1) is 9.56. The molecule has 0 heterocycles. The van der Waals surface area contributed by atoms with E-state index in [0.29, 0.717) is 23.4 Å². The van der Waals surface area contributed by atoms with Crippen LogP contribution in [0.1, 0.15) is 11.1 Å². The molecule has 2 aromatic carbocycles. The maximum atomic E-state index is 13.1. The Bertz CT molecular complexity index is 549. The van der Waals surface area contributed by atoms with Crippen LogP contribution in [0.3, 0.4) is 0 Å². The first-order valence-corrected chi connectivity index (χ1v) is 6.75. The Hall–Kier alpha value is -1.45. The maximum Gasteiger partial charge on any atom is 0.126 e. The largest absolute Gasteiger partial charge is 0.396 e. The number of benzene rings is 2. The molecular weight excluding hydrogens is 282 g/mol. The van der Waals surface area contributed by atoms with Gasteiger partial charge in [0.25, 0.3) is 0 Å². The fraction of sp³-hybridized carbons (Fsp3) is 0.250. The Labute approximate surface area is 121 Å². The van der Waals surface area contributed by atoms with E-state index in [2.05, 4.69) is 0 Å². The van der Waals surface area contributed by atoms with Crippen molar-refractivity contribution in [3.05, 3.63) is 70.2 Å². The van der Waals surface area contributed by atoms with Gasteiger partial charge in [-0.2, -0.15) is 0 Å². The minimum absolute atomic E-state index is 0.0409. The third kappa shape index (κ3) is 4.29. The monoisotopic (exact) mass is 296 g/mol. The fourth-order valence-corrected chi connectivity index (χ4v) is 2.34. The molecule has 0 amide bonds. The summed E-state index contributed by atoms with van der Waals surface area (Å²) in [5.74, 6) is -1.27. The van der Waals surface area contributed by atoms with Crippen molar-refractivity contribution in [2.45, 2.75) is 12.8 Å². The molecule has 0 radical (unpaired) electrons. The summed E-state index contributed by atoms with van der Waals surface area (Å²) in [5.41, 5.74) is 1.58. The minimum Gasteiger partial charge on any atom is -0.396 e. The molecule has 1 unspecified atom stereocenters. The third-order valence-electron chi connectivity index (χ3n) is 3.14. The van der Waals surface area contributed by atoms with Crippen LogP contribution in [0.5, 0.6) is 0 Å². The van der Waals surface area contributed by atoms with E-state index in [1.165, 1.54) is 12.1 Å². The van der Waals surface area contributed by atoms with Gasteiger partial charge in [0.1, 0.15) is 11.6 Å². The van der Waals surface area contributed by atoms with Crippen molar-refractivity contribution in [2.24, 2.45) is 5.92 Å². The molecule has 1 atom stereocenters. The lowest BCUT2D eigenvalue weighted by atomic mass is 9.93. The van der Waals surface area contributed by atoms with Crippen LogP contribution < -0.4 is 0 Å². The van der Waals surface area contributed by atoms with Gasteiger partial charge < -0.3 is 5.11 Å². The van der Waals surface area contributed by atoms with Gasteiger partial charge in [-0.1, -0.05) is 23.7 Å². The molecule has 1 nitrogen and oxygen atoms in total. The van der Waals surface area contributed by atoms with Gasteiger partial charge >= 0.3 is 0 Å². The lowest BCUT2D eigenvalue weighted by Gasteiger charge is -2.14. The first kappa shape index (κ1) is 14.9. The summed E-state index contributed by atoms with van der Waals surface area (Å²) in [6.07, 6.45) is 1.06. The van der Waals surface area contributed by atoms with Gasteiger partial charge in [0, 0.05) is 17.7 Å². The molecule has 1 N–H and O–H groups in total. The molecule has 0 saturated heterocycles. The van der Waals surface area contributed by atoms with Crippen molar-refractivity contribution in [2.75, 3.05) is 6.61 Å². The van der Waals surface area contributed by atoms with Crippen molar-refractivity contribution in [3.63, 3.8) is 0 Å². The Morgan fingerprint density at radius 2 is 1.45 bits per heavy atom. The van der Waals surface area contributed by atoms with Gasteiger partial charge in [0.2, 0.25) is 0 Å². The highest BCUT2D eigenvalue weighted by molar-refractivity contribution is 6.30. The number of aliphatic hydroxyl groups is 1. The average Bonchev–Trinajstić information content (AvgIpc) is 2.39. The lowest BCUT2D eigenvalue weighted by molar-refractivity contribution is 0.225. The third-order valence-corrected chi connectivity index (χ3v) is 3.39. The Kier molecular flexibility index (Phi) is 5.10. The second-order valence-electron chi connectivity index (χ2n) is 4.86. The standard InChI is InChI=1S/C16H15ClF2O/c17-14-3-1-11(2-4-14)5-13(10-20)6-12-7-15(18)9-16(19)8-12/h1-4,7-9,13,20H,5-6,10H2. The lowest BCUT2D eigenvalue weighted by Crippen LogP contribution is -2.13. The smallest absolute Gasteiger partial charge is 0.126 e. The van der Waals surface area contributed by atoms with Gasteiger partial charge in [-0.15, -0.1) is 0 Å². The minimum atomic E-state index is -0.594. The van der Waals surface area contributed by atoms with Gasteiger partial charge in [0.15, 0.2) is 0 Å². The summed E-state index contributed by atoms with van der Waals surface area (Å²) < 4.78 is 26.3. The predicted octanol–water partition coefficient (Wildman–Crippen LogP) is 4.01. The van der Waals surface area contributed by atoms with E-state index in [0.717, 1.165) is 11.6 Å². The van der Waals surface area contributed by atoms with E-state index in [1.54, 1.807) is 12.1 Å². The maximum absolute atomic E-state index is 13.1. The summed E-state index contributed by atoms with van der Waals surface area (Å²) in [6.45, 7) is -0.0409. The summed E-state index contributed by atoms with van der Waals surface area (Å²) in [4.78, 5) is 0. The number of rotatable bonds is 5. The molecular formula is C16H15ClF2O. The fourth-order valence-electron chi connectivity index (χ4n) is 2.22. The Morgan fingerprint density at radius 1 is 0.900 bits per heavy atom. The van der Waals surface area contributed by atoms with Crippen LogP contribution in [0.15, 0.2) is 42.5 Å². The summed E-state index contributed by atoms with van der Waals surface area (Å²) in [5, 5.41) is 10.1. The summed E-state index contributed by atoms with van der Waals surface area (Å²) in [7, 11) is 0. The Morgan fingerprint density at radius 3 is 2.00 bits per heavy atom. The molecule has 20 heavy (non-hydrogen) atoms. The molecule has 0 aliphatic carbocycles. The van der Waals surface area contributed by atoms with Crippen LogP contribution in [0, 0.1) is 17.6 Å². The number of halogens is 3. The molecule has 0 aliphatic heterocycles. The van der Waals surface area contributed by atoms with Crippen LogP contribution >= 0.6 is 11.6 Å². The zero-order valence-electron chi connectivity index (χ0n) is 10.8. The average molecular weight is 297 g/mol. The second-order valence-corrected chi connectivity index (χ2v) is 5.30. The first-order valence-electron chi connectivity index (χ1n) is 6.37. The predicted molar refractivity (Wildman–Crippen MR) is 75.8 cm³/mol. The van der Waals surface area contributed by atoms with Crippen LogP contribution in [0.25, 0.3) is 0 Å². The SMILES string of the molecule is OCC(Cc1ccc(Cl)cc1)Cc1cc(F)cc(F)c1. The second kappa shape index (κ2) is 6.82. The number of hydrogen-bond acceptors (Lipinski definition) is 1. The van der Waals surface area contributed by atoms with Crippen molar-refractivity contribution < 1.29 is 13.9 Å². The number of aliphatic hydroxyl groups excluding tert-OH is 1. The molecule has 0 saturated carbocycles. The molecule has 2 rings (SSSR count). The number of hydrogen-bond donors (Lipinski definition) is 1. The normalized spacial score (nSPS) is 12.4. The van der Waals surface area contributed by atoms with Crippen molar-refractivity contribution in [1.82, 2.24) is 0 Å². The van der Waals surface area contributed by atoms with Gasteiger partial charge in [0.05, 0.1) is 0 Å². The van der Waals surface area contributed by atoms with Crippen LogP contribution in [0.2, 0.25) is 5.02 Å². The van der Waals surface area contributed by atoms with Crippen LogP contribution in [-0.4, -0.2) is 11.7 Å². The van der Waals surface area contributed by atoms with E-state index in [1.807, 2.05) is 12.1 Å². The topological polar surface area (TPSA) is 20.2 Å². The molecule has 0 spiro atoms. The van der Waals surface area contributed by atoms with E-state index in [-0.39, 0.29) is 12.5 Å². The van der Waals surface area contributed by atoms with E-state index in [4.69, 9.17) is 11.6 Å². The van der Waals surface area contributed by atoms with Crippen molar-refractivity contribution in [1.29, 1.82) is 0 Å². The zero-order valence-corrected chi connectivity index (χ0v) is 11.6. The summed E-state index contributed by atoms with van der Waals surface area (Å²) >= 11 is 5.81. The van der Waals surface area contributed by atoms with Gasteiger partial charge in [-0.25, -0.2) is 8.78 Å². The molecule has 4 heteroatoms. The molecule has 106 valence electrons. The zero-order chi connectivity index (χ0) is 14.5. The summed E-state index contributed by atoms with van der Waals surface area (Å²) in [6, 6.07) is 10.8. The van der Waals surface area contributed by atoms with E-state index >= 15 is 0 Å². The molecule has 0 aliphatic rings. The van der Waals surface area contributed by atoms with Gasteiger partial charge in [-0.3, -0.25) is 0 Å². The highest BCUT2D eigenvalue weighted by Gasteiger charge is 2.11. The highest BCUT2D eigenvalue weighted by Crippen LogP contribution is 2.18. The van der Waals surface area contributed by atoms with Crippen LogP contribution in [-0.2, 0) is 12.8 Å². The Balaban J connectivity index is 2.06. The van der Waals surface area contributed by atoms with Gasteiger partial charge in [-0.05, 0) is 54.2 Å². The highest BCUT2D eigenvalue weighted by atomic mass is 35.5. The molecule has 0 bridgehead atoms. The quantitative estimate of drug-likeness (QED) is 0.884. The van der Waals surface area contributed by atoms with Crippen LogP contribution in [0.4, 0.5) is 8.78 Å². The molecule has 0 aromatic heterocycles. The molecule has 0 fully saturated rings. The van der Waals surface area contributed by atoms with Crippen molar-refractivity contribution in [3.8, 4) is 0 Å². The van der Waals surface area contributed by atoms with E-state index < -0.39 is 11.6 Å². The van der Waals surface area contributed by atoms with Crippen molar-refractivity contribution >= 4 is 11.6 Å². The van der Waals surface area contributed by atoms with E-state index in [9.17, 15) is 13.9 Å².